The largest absolute Gasteiger partial charge is 0.357 e. The van der Waals surface area contributed by atoms with Crippen molar-refractivity contribution in [1.29, 1.82) is 0 Å². The van der Waals surface area contributed by atoms with Crippen LogP contribution in [0.1, 0.15) is 47.5 Å². The zero-order valence-corrected chi connectivity index (χ0v) is 14.3. The van der Waals surface area contributed by atoms with Gasteiger partial charge in [0.1, 0.15) is 6.04 Å². The molecule has 128 valence electrons. The Balaban J connectivity index is 5.11. The minimum atomic E-state index is -0.697. The summed E-state index contributed by atoms with van der Waals surface area (Å²) < 4.78 is 0. The van der Waals surface area contributed by atoms with Crippen LogP contribution in [0.4, 0.5) is 0 Å². The number of rotatable bonds is 7. The lowest BCUT2D eigenvalue weighted by atomic mass is 9.85. The molecule has 3 amide bonds. The van der Waals surface area contributed by atoms with Gasteiger partial charge >= 0.3 is 0 Å². The maximum Gasteiger partial charge on any atom is 0.244 e. The van der Waals surface area contributed by atoms with E-state index >= 15 is 0 Å². The highest BCUT2D eigenvalue weighted by Gasteiger charge is 2.34. The van der Waals surface area contributed by atoms with Crippen molar-refractivity contribution in [3.05, 3.63) is 0 Å². The van der Waals surface area contributed by atoms with E-state index in [0.717, 1.165) is 0 Å². The van der Waals surface area contributed by atoms with Gasteiger partial charge in [0, 0.05) is 19.4 Å². The molecule has 0 aliphatic rings. The minimum absolute atomic E-state index is 0.120. The van der Waals surface area contributed by atoms with E-state index < -0.39 is 23.3 Å². The van der Waals surface area contributed by atoms with E-state index in [-0.39, 0.29) is 24.2 Å². The van der Waals surface area contributed by atoms with Crippen LogP contribution < -0.4 is 16.1 Å². The van der Waals surface area contributed by atoms with Gasteiger partial charge in [-0.15, -0.1) is 0 Å². The average molecular weight is 315 g/mol. The van der Waals surface area contributed by atoms with Crippen molar-refractivity contribution < 1.29 is 19.6 Å². The molecule has 0 aliphatic carbocycles. The molecule has 0 bridgehead atoms. The number of likely N-dealkylation sites (N-methyl/N-ethyl adjacent to an activating group) is 1. The summed E-state index contributed by atoms with van der Waals surface area (Å²) >= 11 is 0. The van der Waals surface area contributed by atoms with Crippen molar-refractivity contribution in [2.75, 3.05) is 7.05 Å². The van der Waals surface area contributed by atoms with Crippen LogP contribution in [-0.2, 0) is 14.4 Å². The number of nitrogens with one attached hydrogen (secondary N) is 3. The van der Waals surface area contributed by atoms with Crippen molar-refractivity contribution in [3.8, 4) is 0 Å². The lowest BCUT2D eigenvalue weighted by Gasteiger charge is -2.31. The van der Waals surface area contributed by atoms with Crippen molar-refractivity contribution in [1.82, 2.24) is 16.1 Å². The molecule has 0 saturated carbocycles. The van der Waals surface area contributed by atoms with E-state index in [1.54, 1.807) is 5.48 Å². The molecular formula is C15H29N3O4. The standard InChI is InChI=1S/C15H29N3O4/c1-9(2)7-10(8-11(19)18-22)13(20)17-12(14(21)16-6)15(3,4)5/h9-10,12,22H,7-8H2,1-6H3,(H,16,21)(H,17,20)(H,18,19)/t10-,12+/m1/s1. The molecule has 4 N–H and O–H groups in total. The summed E-state index contributed by atoms with van der Waals surface area (Å²) in [7, 11) is 1.51. The van der Waals surface area contributed by atoms with Crippen LogP contribution >= 0.6 is 0 Å². The Morgan fingerprint density at radius 3 is 2.00 bits per heavy atom. The van der Waals surface area contributed by atoms with E-state index in [9.17, 15) is 14.4 Å². The maximum absolute atomic E-state index is 12.5. The monoisotopic (exact) mass is 315 g/mol. The van der Waals surface area contributed by atoms with Crippen LogP contribution in [0.15, 0.2) is 0 Å². The first-order chi connectivity index (χ1) is 10.0. The number of amides is 3. The normalized spacial score (nSPS) is 14.2. The summed E-state index contributed by atoms with van der Waals surface area (Å²) in [6.45, 7) is 9.44. The van der Waals surface area contributed by atoms with Crippen molar-refractivity contribution in [2.45, 2.75) is 53.5 Å². The van der Waals surface area contributed by atoms with E-state index in [1.807, 2.05) is 34.6 Å². The molecule has 0 fully saturated rings. The van der Waals surface area contributed by atoms with Crippen molar-refractivity contribution in [3.63, 3.8) is 0 Å². The summed E-state index contributed by atoms with van der Waals surface area (Å²) in [5, 5.41) is 13.9. The second-order valence-corrected chi connectivity index (χ2v) is 6.99. The van der Waals surface area contributed by atoms with Gasteiger partial charge in [-0.05, 0) is 17.8 Å². The van der Waals surface area contributed by atoms with Crippen LogP contribution in [0.3, 0.4) is 0 Å². The number of hydroxylamine groups is 1. The first kappa shape index (κ1) is 20.4. The van der Waals surface area contributed by atoms with E-state index in [2.05, 4.69) is 10.6 Å². The second-order valence-electron chi connectivity index (χ2n) is 6.99. The Morgan fingerprint density at radius 1 is 1.09 bits per heavy atom. The summed E-state index contributed by atoms with van der Waals surface area (Å²) in [6.07, 6.45) is 0.370. The van der Waals surface area contributed by atoms with E-state index in [0.29, 0.717) is 6.42 Å². The first-order valence-electron chi connectivity index (χ1n) is 7.47. The molecule has 0 aromatic rings. The molecule has 7 heteroatoms. The van der Waals surface area contributed by atoms with Gasteiger partial charge < -0.3 is 10.6 Å². The molecule has 0 saturated heterocycles. The van der Waals surface area contributed by atoms with Gasteiger partial charge in [-0.1, -0.05) is 34.6 Å². The van der Waals surface area contributed by atoms with Crippen molar-refractivity contribution in [2.24, 2.45) is 17.3 Å². The quantitative estimate of drug-likeness (QED) is 0.412. The highest BCUT2D eigenvalue weighted by atomic mass is 16.5. The third kappa shape index (κ3) is 6.89. The summed E-state index contributed by atoms with van der Waals surface area (Å²) in [5.74, 6) is -1.65. The van der Waals surface area contributed by atoms with Crippen molar-refractivity contribution >= 4 is 17.7 Å². The average Bonchev–Trinajstić information content (AvgIpc) is 2.40. The Hall–Kier alpha value is -1.63. The molecular weight excluding hydrogens is 286 g/mol. The zero-order chi connectivity index (χ0) is 17.5. The maximum atomic E-state index is 12.5. The lowest BCUT2D eigenvalue weighted by molar-refractivity contribution is -0.137. The fourth-order valence-corrected chi connectivity index (χ4v) is 2.20. The van der Waals surface area contributed by atoms with Crippen LogP contribution in [-0.4, -0.2) is 36.0 Å². The Labute approximate surface area is 132 Å². The molecule has 22 heavy (non-hydrogen) atoms. The fraction of sp³-hybridized carbons (Fsp3) is 0.800. The van der Waals surface area contributed by atoms with Gasteiger partial charge in [0.2, 0.25) is 17.7 Å². The molecule has 0 unspecified atom stereocenters. The fourth-order valence-electron chi connectivity index (χ4n) is 2.20. The highest BCUT2D eigenvalue weighted by molar-refractivity contribution is 5.90. The number of carbonyl (C=O) groups is 3. The SMILES string of the molecule is CNC(=O)[C@H](NC(=O)[C@@H](CC(=O)NO)CC(C)C)C(C)(C)C. The van der Waals surface area contributed by atoms with Crippen LogP contribution in [0.25, 0.3) is 0 Å². The summed E-state index contributed by atoms with van der Waals surface area (Å²) in [6, 6.07) is -0.697. The van der Waals surface area contributed by atoms with Gasteiger partial charge in [-0.25, -0.2) is 5.48 Å². The number of hydrogen-bond acceptors (Lipinski definition) is 4. The molecule has 0 spiro atoms. The van der Waals surface area contributed by atoms with Gasteiger partial charge in [-0.2, -0.15) is 0 Å². The first-order valence-corrected chi connectivity index (χ1v) is 7.47. The van der Waals surface area contributed by atoms with Gasteiger partial charge in [0.15, 0.2) is 0 Å². The molecule has 0 rings (SSSR count). The number of hydrogen-bond donors (Lipinski definition) is 4. The van der Waals surface area contributed by atoms with Gasteiger partial charge in [0.05, 0.1) is 0 Å². The molecule has 0 aromatic heterocycles. The summed E-state index contributed by atoms with van der Waals surface area (Å²) in [4.78, 5) is 35.8. The third-order valence-corrected chi connectivity index (χ3v) is 3.34. The second kappa shape index (κ2) is 8.73. The van der Waals surface area contributed by atoms with E-state index in [4.69, 9.17) is 5.21 Å². The topological polar surface area (TPSA) is 108 Å². The molecule has 2 atom stereocenters. The molecule has 7 nitrogen and oxygen atoms in total. The number of carbonyl (C=O) groups excluding carboxylic acids is 3. The van der Waals surface area contributed by atoms with Crippen LogP contribution in [0.5, 0.6) is 0 Å². The third-order valence-electron chi connectivity index (χ3n) is 3.34. The van der Waals surface area contributed by atoms with Crippen LogP contribution in [0, 0.1) is 17.3 Å². The highest BCUT2D eigenvalue weighted by Crippen LogP contribution is 2.22. The molecule has 0 aromatic carbocycles. The molecule has 0 aliphatic heterocycles. The molecule has 0 radical (unpaired) electrons. The molecule has 0 heterocycles. The predicted molar refractivity (Wildman–Crippen MR) is 82.9 cm³/mol. The Bertz CT molecular complexity index is 402. The van der Waals surface area contributed by atoms with Gasteiger partial charge in [0.25, 0.3) is 0 Å². The van der Waals surface area contributed by atoms with E-state index in [1.165, 1.54) is 7.05 Å². The minimum Gasteiger partial charge on any atom is -0.357 e. The smallest absolute Gasteiger partial charge is 0.244 e. The van der Waals surface area contributed by atoms with Gasteiger partial charge in [-0.3, -0.25) is 19.6 Å². The Kier molecular flexibility index (Phi) is 8.08. The lowest BCUT2D eigenvalue weighted by Crippen LogP contribution is -2.54. The Morgan fingerprint density at radius 2 is 1.64 bits per heavy atom. The summed E-state index contributed by atoms with van der Waals surface area (Å²) in [5.41, 5.74) is 1.08. The predicted octanol–water partition coefficient (Wildman–Crippen LogP) is 0.821. The zero-order valence-electron chi connectivity index (χ0n) is 14.3. The van der Waals surface area contributed by atoms with Crippen LogP contribution in [0.2, 0.25) is 0 Å².